The van der Waals surface area contributed by atoms with E-state index in [0.717, 1.165) is 26.8 Å². The minimum atomic E-state index is -1.29. The molecule has 0 aromatic carbocycles. The van der Waals surface area contributed by atoms with Crippen molar-refractivity contribution in [2.45, 2.75) is 84.1 Å². The van der Waals surface area contributed by atoms with E-state index in [1.807, 2.05) is 0 Å². The summed E-state index contributed by atoms with van der Waals surface area (Å²) in [7, 11) is 0. The average Bonchev–Trinajstić information content (AvgIpc) is 2.77. The van der Waals surface area contributed by atoms with E-state index < -0.39 is 78.4 Å². The van der Waals surface area contributed by atoms with Crippen LogP contribution in [-0.4, -0.2) is 104 Å². The molecule has 0 spiro atoms. The van der Waals surface area contributed by atoms with Gasteiger partial charge >= 0.3 is 41.8 Å². The van der Waals surface area contributed by atoms with Crippen LogP contribution in [0, 0.1) is 0 Å². The van der Waals surface area contributed by atoms with Crippen molar-refractivity contribution in [2.75, 3.05) is 0 Å². The van der Waals surface area contributed by atoms with Crippen LogP contribution in [0.2, 0.25) is 0 Å². The zero-order valence-electron chi connectivity index (χ0n) is 22.3. The van der Waals surface area contributed by atoms with Crippen molar-refractivity contribution >= 4 is 41.8 Å². The van der Waals surface area contributed by atoms with Gasteiger partial charge in [0.1, 0.15) is 18.3 Å². The maximum atomic E-state index is 11.1. The normalized spacial score (nSPS) is 25.0. The second kappa shape index (κ2) is 16.7. The van der Waals surface area contributed by atoms with Crippen molar-refractivity contribution in [3.8, 4) is 0 Å². The van der Waals surface area contributed by atoms with Gasteiger partial charge in [-0.05, 0) is 12.2 Å². The van der Waals surface area contributed by atoms with Gasteiger partial charge in [-0.15, -0.1) is 0 Å². The molecular weight excluding hydrogens is 544 g/mol. The van der Waals surface area contributed by atoms with Crippen LogP contribution >= 0.6 is 0 Å². The molecule has 0 aromatic heterocycles. The molecule has 0 saturated carbocycles. The first kappa shape index (κ1) is 35.9. The van der Waals surface area contributed by atoms with E-state index in [1.165, 1.54) is 19.9 Å². The highest BCUT2D eigenvalue weighted by molar-refractivity contribution is 5.87. The Balaban J connectivity index is 0.000000669. The fraction of sp³-hybridized carbons (Fsp3) is 0.542. The molecule has 0 aromatic rings. The number of rotatable bonds is 5. The summed E-state index contributed by atoms with van der Waals surface area (Å²) in [6.45, 7) is 5.79. The standard InChI is InChI=1S/C13H16O8.C7H10O5.C4H6O3/c1-6(14)19-10-4-9(13(17)18)5-11(20-7(2)15)12(10)21-8(3)16;8-4-1-3(7(11)12)2-5(9)6(4)10;1-3(5)7-4(2)6/h4,10-12H,5H2,1-3H3,(H,17,18);1,4-6,8-10H,2H2,(H,11,12);1-2H3/t10-,11-,12-;4-,5-,6-;/m11./s1. The van der Waals surface area contributed by atoms with E-state index in [2.05, 4.69) is 4.74 Å². The molecule has 0 unspecified atom stereocenters. The maximum Gasteiger partial charge on any atom is 0.331 e. The lowest BCUT2D eigenvalue weighted by Crippen LogP contribution is -2.47. The Hall–Kier alpha value is -4.15. The van der Waals surface area contributed by atoms with Crippen LogP contribution in [0.15, 0.2) is 23.3 Å². The predicted octanol–water partition coefficient (Wildman–Crippen LogP) is -1.22. The van der Waals surface area contributed by atoms with Gasteiger partial charge in [0.25, 0.3) is 0 Å². The van der Waals surface area contributed by atoms with Crippen LogP contribution in [0.3, 0.4) is 0 Å². The number of carbonyl (C=O) groups excluding carboxylic acids is 5. The third-order valence-electron chi connectivity index (χ3n) is 4.78. The molecule has 16 nitrogen and oxygen atoms in total. The highest BCUT2D eigenvalue weighted by Crippen LogP contribution is 2.27. The van der Waals surface area contributed by atoms with Gasteiger partial charge in [0, 0.05) is 58.6 Å². The first-order valence-electron chi connectivity index (χ1n) is 11.5. The Morgan fingerprint density at radius 1 is 0.650 bits per heavy atom. The lowest BCUT2D eigenvalue weighted by atomic mass is 9.91. The maximum absolute atomic E-state index is 11.1. The topological polar surface area (TPSA) is 258 Å². The molecule has 2 rings (SSSR count). The van der Waals surface area contributed by atoms with Crippen LogP contribution in [0.4, 0.5) is 0 Å². The van der Waals surface area contributed by atoms with E-state index in [4.69, 9.17) is 39.7 Å². The fourth-order valence-corrected chi connectivity index (χ4v) is 3.32. The van der Waals surface area contributed by atoms with E-state index in [9.17, 15) is 33.6 Å². The SMILES string of the molecule is CC(=O)OC(C)=O.CC(=O)O[C@@H]1[C@H](OC(C)=O)C=C(C(=O)O)C[C@H]1OC(C)=O.O=C(O)C1=C[C@@H](O)[C@@H](O)[C@H](O)C1. The Morgan fingerprint density at radius 2 is 1.10 bits per heavy atom. The van der Waals surface area contributed by atoms with Crippen molar-refractivity contribution in [2.24, 2.45) is 0 Å². The summed E-state index contributed by atoms with van der Waals surface area (Å²) in [4.78, 5) is 74.5. The zero-order chi connectivity index (χ0) is 31.3. The number of carbonyl (C=O) groups is 7. The van der Waals surface area contributed by atoms with Crippen molar-refractivity contribution in [1.29, 1.82) is 0 Å². The highest BCUT2D eigenvalue weighted by Gasteiger charge is 2.41. The van der Waals surface area contributed by atoms with E-state index >= 15 is 0 Å². The molecule has 40 heavy (non-hydrogen) atoms. The van der Waals surface area contributed by atoms with Crippen LogP contribution < -0.4 is 0 Å². The second-order valence-electron chi connectivity index (χ2n) is 8.33. The Kier molecular flexibility index (Phi) is 15.0. The minimum Gasteiger partial charge on any atom is -0.478 e. The number of esters is 5. The lowest BCUT2D eigenvalue weighted by molar-refractivity contribution is -0.180. The van der Waals surface area contributed by atoms with Gasteiger partial charge in [-0.3, -0.25) is 24.0 Å². The van der Waals surface area contributed by atoms with Gasteiger partial charge in [-0.2, -0.15) is 0 Å². The number of aliphatic carboxylic acids is 2. The molecular formula is C24H32O16. The summed E-state index contributed by atoms with van der Waals surface area (Å²) in [6.07, 6.45) is -5.08. The van der Waals surface area contributed by atoms with Crippen molar-refractivity contribution < 1.29 is 78.0 Å². The molecule has 0 amide bonds. The summed E-state index contributed by atoms with van der Waals surface area (Å²) in [5, 5.41) is 44.6. The van der Waals surface area contributed by atoms with Crippen molar-refractivity contribution in [3.05, 3.63) is 23.3 Å². The third-order valence-corrected chi connectivity index (χ3v) is 4.78. The average molecular weight is 577 g/mol. The monoisotopic (exact) mass is 576 g/mol. The zero-order valence-corrected chi connectivity index (χ0v) is 22.3. The van der Waals surface area contributed by atoms with Crippen LogP contribution in [0.25, 0.3) is 0 Å². The Bertz CT molecular complexity index is 1030. The Labute approximate surface area is 227 Å². The predicted molar refractivity (Wildman–Crippen MR) is 128 cm³/mol. The molecule has 224 valence electrons. The molecule has 0 fully saturated rings. The van der Waals surface area contributed by atoms with Gasteiger partial charge in [-0.1, -0.05) is 0 Å². The molecule has 0 bridgehead atoms. The molecule has 0 aliphatic heterocycles. The van der Waals surface area contributed by atoms with Gasteiger partial charge in [-0.25, -0.2) is 9.59 Å². The van der Waals surface area contributed by atoms with Crippen molar-refractivity contribution in [3.63, 3.8) is 0 Å². The minimum absolute atomic E-state index is 0.0692. The molecule has 2 aliphatic carbocycles. The summed E-state index contributed by atoms with van der Waals surface area (Å²) < 4.78 is 18.9. The number of ether oxygens (including phenoxy) is 4. The number of carboxylic acids is 2. The van der Waals surface area contributed by atoms with Gasteiger partial charge in [0.2, 0.25) is 0 Å². The number of carboxylic acid groups (broad SMARTS) is 2. The summed E-state index contributed by atoms with van der Waals surface area (Å²) in [5.41, 5.74) is -0.156. The molecule has 5 N–H and O–H groups in total. The number of aliphatic hydroxyl groups is 3. The van der Waals surface area contributed by atoms with Gasteiger partial charge in [0.05, 0.1) is 6.10 Å². The molecule has 6 atom stereocenters. The fourth-order valence-electron chi connectivity index (χ4n) is 3.32. The van der Waals surface area contributed by atoms with Gasteiger partial charge < -0.3 is 44.5 Å². The van der Waals surface area contributed by atoms with E-state index in [0.29, 0.717) is 0 Å². The number of hydrogen-bond donors (Lipinski definition) is 5. The molecule has 0 heterocycles. The first-order valence-corrected chi connectivity index (χ1v) is 11.5. The van der Waals surface area contributed by atoms with E-state index in [1.54, 1.807) is 0 Å². The highest BCUT2D eigenvalue weighted by atomic mass is 16.6. The molecule has 16 heteroatoms. The summed E-state index contributed by atoms with van der Waals surface area (Å²) in [6, 6.07) is 0. The molecule has 0 saturated heterocycles. The molecule has 2 aliphatic rings. The second-order valence-corrected chi connectivity index (χ2v) is 8.33. The van der Waals surface area contributed by atoms with Crippen LogP contribution in [0.5, 0.6) is 0 Å². The van der Waals surface area contributed by atoms with Crippen LogP contribution in [-0.2, 0) is 52.5 Å². The quantitative estimate of drug-likeness (QED) is 0.146. The molecule has 0 radical (unpaired) electrons. The number of hydrogen-bond acceptors (Lipinski definition) is 14. The lowest BCUT2D eigenvalue weighted by Gasteiger charge is -2.34. The number of aliphatic hydroxyl groups excluding tert-OH is 3. The first-order chi connectivity index (χ1) is 18.3. The largest absolute Gasteiger partial charge is 0.478 e. The van der Waals surface area contributed by atoms with Crippen molar-refractivity contribution in [1.82, 2.24) is 0 Å². The van der Waals surface area contributed by atoms with Gasteiger partial charge in [0.15, 0.2) is 12.2 Å². The Morgan fingerprint density at radius 3 is 1.45 bits per heavy atom. The summed E-state index contributed by atoms with van der Waals surface area (Å²) in [5.74, 6) is -5.54. The third kappa shape index (κ3) is 13.6. The summed E-state index contributed by atoms with van der Waals surface area (Å²) >= 11 is 0. The smallest absolute Gasteiger partial charge is 0.331 e. The van der Waals surface area contributed by atoms with E-state index in [-0.39, 0.29) is 24.0 Å². The van der Waals surface area contributed by atoms with Crippen LogP contribution in [0.1, 0.15) is 47.5 Å².